The first kappa shape index (κ1) is 25.3. The second kappa shape index (κ2) is 10.4. The quantitative estimate of drug-likeness (QED) is 0.473. The summed E-state index contributed by atoms with van der Waals surface area (Å²) >= 11 is 0. The van der Waals surface area contributed by atoms with Gasteiger partial charge in [-0.15, -0.1) is 0 Å². The molecule has 4 rings (SSSR count). The molecule has 6 heteroatoms. The molecule has 2 heterocycles. The number of carbonyl (C=O) groups is 1. The van der Waals surface area contributed by atoms with E-state index < -0.39 is 5.79 Å². The zero-order chi connectivity index (χ0) is 25.2. The van der Waals surface area contributed by atoms with Crippen LogP contribution in [0.3, 0.4) is 0 Å². The lowest BCUT2D eigenvalue weighted by atomic mass is 9.93. The van der Waals surface area contributed by atoms with E-state index in [0.717, 1.165) is 41.2 Å². The second-order valence-electron chi connectivity index (χ2n) is 10.3. The lowest BCUT2D eigenvalue weighted by Gasteiger charge is -2.30. The van der Waals surface area contributed by atoms with Gasteiger partial charge in [0, 0.05) is 30.0 Å². The molecule has 2 aliphatic rings. The smallest absolute Gasteiger partial charge is 0.319 e. The summed E-state index contributed by atoms with van der Waals surface area (Å²) in [5, 5.41) is 6.16. The molecule has 2 amide bonds. The zero-order valence-corrected chi connectivity index (χ0v) is 21.8. The van der Waals surface area contributed by atoms with Crippen molar-refractivity contribution < 1.29 is 14.3 Å². The highest BCUT2D eigenvalue weighted by atomic mass is 16.8. The van der Waals surface area contributed by atoms with Gasteiger partial charge in [-0.25, -0.2) is 4.79 Å². The van der Waals surface area contributed by atoms with Gasteiger partial charge in [0.15, 0.2) is 0 Å². The molecule has 2 aromatic rings. The van der Waals surface area contributed by atoms with E-state index in [1.807, 2.05) is 26.0 Å². The Labute approximate surface area is 209 Å². The third kappa shape index (κ3) is 5.39. The van der Waals surface area contributed by atoms with Crippen molar-refractivity contribution in [1.29, 1.82) is 0 Å². The van der Waals surface area contributed by atoms with Gasteiger partial charge in [0.25, 0.3) is 0 Å². The van der Waals surface area contributed by atoms with E-state index in [1.165, 1.54) is 0 Å². The molecule has 1 saturated heterocycles. The van der Waals surface area contributed by atoms with Gasteiger partial charge in [-0.1, -0.05) is 70.2 Å². The SMILES string of the molecule is CC(C)c1cccc(C(C)C)c1NC(=O)NCC1(c2ccc(N3CC=CC3)cc2)OC(C)C(C)O1. The van der Waals surface area contributed by atoms with Crippen LogP contribution in [0.15, 0.2) is 54.6 Å². The summed E-state index contributed by atoms with van der Waals surface area (Å²) in [7, 11) is 0. The topological polar surface area (TPSA) is 62.8 Å². The first-order chi connectivity index (χ1) is 16.7. The highest BCUT2D eigenvalue weighted by Crippen LogP contribution is 2.38. The molecule has 2 aliphatic heterocycles. The predicted molar refractivity (Wildman–Crippen MR) is 142 cm³/mol. The van der Waals surface area contributed by atoms with Crippen molar-refractivity contribution in [3.8, 4) is 0 Å². The fourth-order valence-corrected chi connectivity index (χ4v) is 4.81. The maximum absolute atomic E-state index is 13.1. The first-order valence-electron chi connectivity index (χ1n) is 12.7. The second-order valence-corrected chi connectivity index (χ2v) is 10.3. The Morgan fingerprint density at radius 1 is 0.943 bits per heavy atom. The molecule has 2 aromatic carbocycles. The molecule has 0 spiro atoms. The number of nitrogens with one attached hydrogen (secondary N) is 2. The Morgan fingerprint density at radius 2 is 1.49 bits per heavy atom. The van der Waals surface area contributed by atoms with Crippen molar-refractivity contribution in [1.82, 2.24) is 5.32 Å². The lowest BCUT2D eigenvalue weighted by Crippen LogP contribution is -2.44. The number of para-hydroxylation sites is 1. The van der Waals surface area contributed by atoms with Crippen LogP contribution in [0.5, 0.6) is 0 Å². The van der Waals surface area contributed by atoms with Gasteiger partial charge >= 0.3 is 6.03 Å². The average Bonchev–Trinajstić information content (AvgIpc) is 3.46. The van der Waals surface area contributed by atoms with Crippen LogP contribution in [0.4, 0.5) is 16.2 Å². The van der Waals surface area contributed by atoms with Gasteiger partial charge in [-0.3, -0.25) is 0 Å². The van der Waals surface area contributed by atoms with Crippen LogP contribution in [0.2, 0.25) is 0 Å². The highest BCUT2D eigenvalue weighted by molar-refractivity contribution is 5.91. The molecular weight excluding hydrogens is 438 g/mol. The third-order valence-corrected chi connectivity index (χ3v) is 7.00. The van der Waals surface area contributed by atoms with E-state index in [0.29, 0.717) is 11.8 Å². The molecule has 35 heavy (non-hydrogen) atoms. The molecule has 1 fully saturated rings. The molecule has 2 unspecified atom stereocenters. The summed E-state index contributed by atoms with van der Waals surface area (Å²) in [6.07, 6.45) is 4.17. The van der Waals surface area contributed by atoms with Crippen LogP contribution in [-0.2, 0) is 15.3 Å². The van der Waals surface area contributed by atoms with Crippen LogP contribution in [0.1, 0.15) is 70.1 Å². The minimum atomic E-state index is -1.03. The van der Waals surface area contributed by atoms with Crippen LogP contribution < -0.4 is 15.5 Å². The number of anilines is 2. The van der Waals surface area contributed by atoms with E-state index >= 15 is 0 Å². The number of urea groups is 1. The van der Waals surface area contributed by atoms with Crippen molar-refractivity contribution in [2.75, 3.05) is 29.9 Å². The minimum Gasteiger partial charge on any atom is -0.364 e. The Bertz CT molecular complexity index is 1020. The van der Waals surface area contributed by atoms with Crippen LogP contribution in [0.25, 0.3) is 0 Å². The summed E-state index contributed by atoms with van der Waals surface area (Å²) < 4.78 is 12.7. The normalized spacial score (nSPS) is 23.9. The molecule has 188 valence electrons. The van der Waals surface area contributed by atoms with E-state index in [9.17, 15) is 4.79 Å². The fourth-order valence-electron chi connectivity index (χ4n) is 4.81. The first-order valence-corrected chi connectivity index (χ1v) is 12.7. The van der Waals surface area contributed by atoms with Gasteiger partial charge in [-0.2, -0.15) is 0 Å². The fraction of sp³-hybridized carbons (Fsp3) is 0.483. The maximum atomic E-state index is 13.1. The number of rotatable bonds is 7. The van der Waals surface area contributed by atoms with Crippen LogP contribution in [-0.4, -0.2) is 37.9 Å². The largest absolute Gasteiger partial charge is 0.364 e. The molecule has 0 saturated carbocycles. The van der Waals surface area contributed by atoms with Crippen molar-refractivity contribution in [2.45, 2.75) is 71.4 Å². The number of hydrogen-bond acceptors (Lipinski definition) is 4. The molecular formula is C29H39N3O3. The molecule has 2 N–H and O–H groups in total. The standard InChI is InChI=1S/C29H39N3O3/c1-19(2)25-10-9-11-26(20(3)4)27(25)31-28(33)30-18-29(34-21(5)22(6)35-29)23-12-14-24(15-13-23)32-16-7-8-17-32/h7-15,19-22H,16-18H2,1-6H3,(H2,30,31,33). The van der Waals surface area contributed by atoms with E-state index in [2.05, 4.69) is 85.7 Å². The maximum Gasteiger partial charge on any atom is 0.319 e. The van der Waals surface area contributed by atoms with Gasteiger partial charge in [-0.05, 0) is 48.9 Å². The monoisotopic (exact) mass is 477 g/mol. The summed E-state index contributed by atoms with van der Waals surface area (Å²) in [5.74, 6) is -0.443. The van der Waals surface area contributed by atoms with E-state index in [1.54, 1.807) is 0 Å². The average molecular weight is 478 g/mol. The lowest BCUT2D eigenvalue weighted by molar-refractivity contribution is -0.176. The van der Waals surface area contributed by atoms with Gasteiger partial charge < -0.3 is 25.0 Å². The molecule has 0 aromatic heterocycles. The molecule has 2 atom stereocenters. The molecule has 0 aliphatic carbocycles. The minimum absolute atomic E-state index is 0.0865. The number of benzene rings is 2. The Balaban J connectivity index is 1.52. The van der Waals surface area contributed by atoms with Gasteiger partial charge in [0.05, 0.1) is 18.8 Å². The van der Waals surface area contributed by atoms with E-state index in [4.69, 9.17) is 9.47 Å². The molecule has 0 bridgehead atoms. The Hall–Kier alpha value is -2.83. The number of amides is 2. The Kier molecular flexibility index (Phi) is 7.53. The van der Waals surface area contributed by atoms with E-state index in [-0.39, 0.29) is 24.8 Å². The summed E-state index contributed by atoms with van der Waals surface area (Å²) in [6.45, 7) is 14.6. The number of carbonyl (C=O) groups excluding carboxylic acids is 1. The van der Waals surface area contributed by atoms with Gasteiger partial charge in [0.2, 0.25) is 5.79 Å². The molecule has 0 radical (unpaired) electrons. The third-order valence-electron chi connectivity index (χ3n) is 7.00. The summed E-state index contributed by atoms with van der Waals surface area (Å²) in [5.41, 5.74) is 5.20. The zero-order valence-electron chi connectivity index (χ0n) is 21.8. The van der Waals surface area contributed by atoms with Crippen LogP contribution in [0, 0.1) is 0 Å². The number of ether oxygens (including phenoxy) is 2. The Morgan fingerprint density at radius 3 is 2.00 bits per heavy atom. The highest BCUT2D eigenvalue weighted by Gasteiger charge is 2.46. The van der Waals surface area contributed by atoms with Crippen LogP contribution >= 0.6 is 0 Å². The summed E-state index contributed by atoms with van der Waals surface area (Å²) in [6, 6.07) is 14.2. The number of hydrogen-bond donors (Lipinski definition) is 2. The molecule has 6 nitrogen and oxygen atoms in total. The van der Waals surface area contributed by atoms with Crippen molar-refractivity contribution in [3.05, 3.63) is 71.3 Å². The van der Waals surface area contributed by atoms with Crippen molar-refractivity contribution in [2.24, 2.45) is 0 Å². The number of nitrogens with zero attached hydrogens (tertiary/aromatic N) is 1. The van der Waals surface area contributed by atoms with Crippen molar-refractivity contribution >= 4 is 17.4 Å². The van der Waals surface area contributed by atoms with Gasteiger partial charge in [0.1, 0.15) is 0 Å². The predicted octanol–water partition coefficient (Wildman–Crippen LogP) is 6.11. The summed E-state index contributed by atoms with van der Waals surface area (Å²) in [4.78, 5) is 15.4. The van der Waals surface area contributed by atoms with Crippen molar-refractivity contribution in [3.63, 3.8) is 0 Å².